The van der Waals surface area contributed by atoms with E-state index >= 15 is 0 Å². The van der Waals surface area contributed by atoms with E-state index in [2.05, 4.69) is 80.3 Å². The Morgan fingerprint density at radius 2 is 1.41 bits per heavy atom. The number of hydrogen-bond acceptors (Lipinski definition) is 4. The van der Waals surface area contributed by atoms with Crippen molar-refractivity contribution in [2.45, 2.75) is 20.8 Å². The Hall–Kier alpha value is -6.37. The fraction of sp³-hybridized carbons (Fsp3) is 0.0811. The van der Waals surface area contributed by atoms with Gasteiger partial charge in [-0.15, -0.1) is 0 Å². The third-order valence-corrected chi connectivity index (χ3v) is 6.07. The molecule has 3 aromatic carbocycles. The zero-order valence-corrected chi connectivity index (χ0v) is 24.7. The molecule has 0 bridgehead atoms. The molecule has 0 atom stereocenters. The van der Waals surface area contributed by atoms with Gasteiger partial charge in [-0.3, -0.25) is 4.79 Å². The molecule has 1 aliphatic heterocycles. The standard InChI is InChI=1S/C24H23BN2O2.C13H4BN/c1-18-23(19(2)28)24(26-22-16-10-5-11-17-22)29-25(27-18,20-12-6-3-7-13-20)21-14-8-4-9-15-21;1-3-5-7-9-11-13-15-14-12-10-8-6-4-2/h3-17,26-27H,1-2H3;2H,1H3. The topological polar surface area (TPSA) is 64.7 Å². The molecule has 4 rings (SSSR count). The number of rotatable bonds is 5. The first kappa shape index (κ1) is 32.1. The van der Waals surface area contributed by atoms with Crippen LogP contribution in [0.2, 0.25) is 0 Å². The number of terminal acetylenes is 1. The van der Waals surface area contributed by atoms with Crippen LogP contribution < -0.4 is 21.1 Å². The number of para-hydroxylation sites is 1. The molecular formula is C37H27B2N3O2. The van der Waals surface area contributed by atoms with Crippen molar-refractivity contribution in [3.63, 3.8) is 0 Å². The van der Waals surface area contributed by atoms with E-state index in [1.807, 2.05) is 97.9 Å². The van der Waals surface area contributed by atoms with Crippen molar-refractivity contribution in [3.05, 3.63) is 102 Å². The van der Waals surface area contributed by atoms with E-state index in [1.165, 1.54) is 7.07 Å². The molecule has 1 heterocycles. The Morgan fingerprint density at radius 1 is 0.841 bits per heavy atom. The summed E-state index contributed by atoms with van der Waals surface area (Å²) in [5.74, 6) is 24.9. The SMILES string of the molecule is C#CC#CC#CB=NC#CC#CC#CC.CC(=O)C1=C(Nc2ccccc2)O[B-](c2ccccc2)(c2ccccc2)[NH+]=C1C. The summed E-state index contributed by atoms with van der Waals surface area (Å²) in [6.07, 6.45) is 4.88. The van der Waals surface area contributed by atoms with E-state index in [0.717, 1.165) is 22.3 Å². The Kier molecular flexibility index (Phi) is 12.7. The van der Waals surface area contributed by atoms with Crippen LogP contribution in [0.4, 0.5) is 5.69 Å². The fourth-order valence-electron chi connectivity index (χ4n) is 4.31. The minimum absolute atomic E-state index is 0.0565. The van der Waals surface area contributed by atoms with Gasteiger partial charge in [-0.25, -0.2) is 0 Å². The maximum Gasteiger partial charge on any atom is 0.507 e. The van der Waals surface area contributed by atoms with E-state index < -0.39 is 6.48 Å². The van der Waals surface area contributed by atoms with E-state index in [1.54, 1.807) is 13.8 Å². The fourth-order valence-corrected chi connectivity index (χ4v) is 4.31. The average molecular weight is 567 g/mol. The molecule has 7 heteroatoms. The number of nitrogens with zero attached hydrogens (tertiary/aromatic N) is 1. The van der Waals surface area contributed by atoms with Crippen molar-refractivity contribution in [3.8, 4) is 71.6 Å². The first-order valence-corrected chi connectivity index (χ1v) is 13.6. The molecule has 208 valence electrons. The molecule has 0 amide bonds. The molecule has 3 aromatic rings. The van der Waals surface area contributed by atoms with Crippen LogP contribution in [0.1, 0.15) is 20.8 Å². The predicted octanol–water partition coefficient (Wildman–Crippen LogP) is 2.19. The molecule has 0 aromatic heterocycles. The maximum atomic E-state index is 12.5. The van der Waals surface area contributed by atoms with Gasteiger partial charge in [0.1, 0.15) is 11.3 Å². The largest absolute Gasteiger partial charge is 0.638 e. The summed E-state index contributed by atoms with van der Waals surface area (Å²) in [6, 6.07) is 32.3. The normalized spacial score (nSPS) is 11.7. The number of carbonyl (C=O) groups is 1. The van der Waals surface area contributed by atoms with Gasteiger partial charge in [-0.05, 0) is 19.1 Å². The molecule has 0 fully saturated rings. The summed E-state index contributed by atoms with van der Waals surface area (Å²) in [6.45, 7) is 3.37. The van der Waals surface area contributed by atoms with Crippen LogP contribution in [-0.4, -0.2) is 25.1 Å². The molecule has 0 spiro atoms. The van der Waals surface area contributed by atoms with Gasteiger partial charge in [-0.2, -0.15) is 0 Å². The zero-order chi connectivity index (χ0) is 31.5. The van der Waals surface area contributed by atoms with Crippen molar-refractivity contribution >= 4 is 41.7 Å². The van der Waals surface area contributed by atoms with E-state index in [9.17, 15) is 4.79 Å². The van der Waals surface area contributed by atoms with Gasteiger partial charge in [0.15, 0.2) is 11.7 Å². The third-order valence-electron chi connectivity index (χ3n) is 6.07. The van der Waals surface area contributed by atoms with Crippen molar-refractivity contribution in [1.29, 1.82) is 0 Å². The molecule has 0 aliphatic carbocycles. The molecule has 0 saturated carbocycles. The molecule has 1 aliphatic rings. The van der Waals surface area contributed by atoms with Gasteiger partial charge in [0, 0.05) is 12.6 Å². The number of allylic oxidation sites excluding steroid dienone is 1. The zero-order valence-electron chi connectivity index (χ0n) is 24.7. The monoisotopic (exact) mass is 567 g/mol. The summed E-state index contributed by atoms with van der Waals surface area (Å²) >= 11 is 0. The Bertz CT molecular complexity index is 1900. The van der Waals surface area contributed by atoms with Crippen LogP contribution in [0.25, 0.3) is 0 Å². The summed E-state index contributed by atoms with van der Waals surface area (Å²) in [5.41, 5.74) is 4.19. The van der Waals surface area contributed by atoms with Gasteiger partial charge in [-0.1, -0.05) is 89.8 Å². The molecule has 44 heavy (non-hydrogen) atoms. The van der Waals surface area contributed by atoms with Gasteiger partial charge in [0.2, 0.25) is 0 Å². The number of hydrogen-bond donors (Lipinski definition) is 2. The van der Waals surface area contributed by atoms with Crippen molar-refractivity contribution in [1.82, 2.24) is 0 Å². The minimum Gasteiger partial charge on any atom is -0.638 e. The molecule has 0 saturated heterocycles. The van der Waals surface area contributed by atoms with Crippen molar-refractivity contribution in [2.24, 2.45) is 4.90 Å². The van der Waals surface area contributed by atoms with Crippen LogP contribution in [0.3, 0.4) is 0 Å². The third kappa shape index (κ3) is 9.34. The van der Waals surface area contributed by atoms with Gasteiger partial charge >= 0.3 is 96.9 Å². The number of carbonyl (C=O) groups excluding carboxylic acids is 1. The van der Waals surface area contributed by atoms with Crippen LogP contribution in [-0.2, 0) is 9.45 Å². The maximum absolute atomic E-state index is 12.5. The van der Waals surface area contributed by atoms with Crippen LogP contribution >= 0.6 is 0 Å². The van der Waals surface area contributed by atoms with Crippen molar-refractivity contribution in [2.75, 3.05) is 5.32 Å². The second-order valence-corrected chi connectivity index (χ2v) is 9.03. The minimum atomic E-state index is -1.81. The van der Waals surface area contributed by atoms with Crippen molar-refractivity contribution < 1.29 is 14.4 Å². The number of nitrogens with one attached hydrogen (secondary N) is 2. The van der Waals surface area contributed by atoms with E-state index in [4.69, 9.17) is 11.1 Å². The van der Waals surface area contributed by atoms with E-state index in [0.29, 0.717) is 11.5 Å². The van der Waals surface area contributed by atoms with Crippen LogP contribution in [0.15, 0.2) is 107 Å². The molecule has 0 radical (unpaired) electrons. The second kappa shape index (κ2) is 17.4. The van der Waals surface area contributed by atoms with Gasteiger partial charge < -0.3 is 14.9 Å². The number of Topliss-reactive ketones (excluding diaryl/α,β-unsaturated/α-hetero) is 1. The average Bonchev–Trinajstić information content (AvgIpc) is 3.05. The van der Waals surface area contributed by atoms with Gasteiger partial charge in [0.05, 0.1) is 0 Å². The summed E-state index contributed by atoms with van der Waals surface area (Å²) in [4.78, 5) is 19.6. The summed E-state index contributed by atoms with van der Waals surface area (Å²) < 4.78 is 6.67. The molecule has 0 unspecified atom stereocenters. The quantitative estimate of drug-likeness (QED) is 0.368. The van der Waals surface area contributed by atoms with Gasteiger partial charge in [0.25, 0.3) is 0 Å². The van der Waals surface area contributed by atoms with Crippen LogP contribution in [0.5, 0.6) is 0 Å². The Balaban J connectivity index is 0.000000301. The second-order valence-electron chi connectivity index (χ2n) is 9.03. The molecule has 2 N–H and O–H groups in total. The molecule has 5 nitrogen and oxygen atoms in total. The van der Waals surface area contributed by atoms with E-state index in [-0.39, 0.29) is 5.78 Å². The number of ketones is 1. The summed E-state index contributed by atoms with van der Waals surface area (Å²) in [5, 5.41) is 3.33. The van der Waals surface area contributed by atoms with Crippen LogP contribution in [0, 0.1) is 71.6 Å². The first-order chi connectivity index (χ1) is 21.5. The smallest absolute Gasteiger partial charge is 0.507 e. The first-order valence-electron chi connectivity index (χ1n) is 13.6. The number of anilines is 1. The number of benzene rings is 3. The predicted molar refractivity (Wildman–Crippen MR) is 180 cm³/mol. The Morgan fingerprint density at radius 3 is 1.98 bits per heavy atom. The Labute approximate surface area is 260 Å². The molecular weight excluding hydrogens is 540 g/mol. The summed E-state index contributed by atoms with van der Waals surface area (Å²) in [7, 11) is 1.32.